The zero-order valence-corrected chi connectivity index (χ0v) is 10.9. The lowest BCUT2D eigenvalue weighted by molar-refractivity contribution is 0.119. The molecule has 2 rings (SSSR count). The van der Waals surface area contributed by atoms with Gasteiger partial charge in [0.2, 0.25) is 0 Å². The maximum absolute atomic E-state index is 5.37. The van der Waals surface area contributed by atoms with Gasteiger partial charge in [-0.1, -0.05) is 30.7 Å². The van der Waals surface area contributed by atoms with E-state index in [0.29, 0.717) is 6.04 Å². The lowest BCUT2D eigenvalue weighted by Crippen LogP contribution is -2.35. The van der Waals surface area contributed by atoms with Gasteiger partial charge in [0.05, 0.1) is 6.10 Å². The summed E-state index contributed by atoms with van der Waals surface area (Å²) in [7, 11) is 1.76. The zero-order valence-electron chi connectivity index (χ0n) is 10.9. The molecule has 1 aliphatic heterocycles. The predicted octanol–water partition coefficient (Wildman–Crippen LogP) is 3.08. The molecule has 0 amide bonds. The molecular formula is C15H23NO. The minimum atomic E-state index is 0.189. The molecule has 0 spiro atoms. The lowest BCUT2D eigenvalue weighted by atomic mass is 9.96. The van der Waals surface area contributed by atoms with E-state index in [4.69, 9.17) is 4.74 Å². The van der Waals surface area contributed by atoms with Gasteiger partial charge < -0.3 is 10.1 Å². The predicted molar refractivity (Wildman–Crippen MR) is 71.2 cm³/mol. The topological polar surface area (TPSA) is 21.3 Å². The van der Waals surface area contributed by atoms with E-state index in [9.17, 15) is 0 Å². The van der Waals surface area contributed by atoms with Crippen LogP contribution in [0, 0.1) is 0 Å². The summed E-state index contributed by atoms with van der Waals surface area (Å²) in [4.78, 5) is 0. The largest absolute Gasteiger partial charge is 0.377 e. The van der Waals surface area contributed by atoms with E-state index in [1.165, 1.54) is 36.9 Å². The fourth-order valence-corrected chi connectivity index (χ4v) is 2.49. The molecule has 1 heterocycles. The number of piperidine rings is 1. The van der Waals surface area contributed by atoms with Crippen molar-refractivity contribution in [3.05, 3.63) is 35.4 Å². The second-order valence-corrected chi connectivity index (χ2v) is 4.97. The van der Waals surface area contributed by atoms with E-state index in [1.807, 2.05) is 0 Å². The molecule has 1 aliphatic rings. The Balaban J connectivity index is 2.00. The van der Waals surface area contributed by atoms with Crippen molar-refractivity contribution >= 4 is 0 Å². The Kier molecular flexibility index (Phi) is 4.57. The first-order valence-corrected chi connectivity index (χ1v) is 6.64. The maximum atomic E-state index is 5.37. The fraction of sp³-hybridized carbons (Fsp3) is 0.600. The van der Waals surface area contributed by atoms with Crippen molar-refractivity contribution in [2.45, 2.75) is 44.8 Å². The highest BCUT2D eigenvalue weighted by Crippen LogP contribution is 2.19. The third-order valence-corrected chi connectivity index (χ3v) is 3.67. The van der Waals surface area contributed by atoms with Gasteiger partial charge in [0.1, 0.15) is 0 Å². The third kappa shape index (κ3) is 3.55. The van der Waals surface area contributed by atoms with Crippen molar-refractivity contribution in [1.82, 2.24) is 5.32 Å². The third-order valence-electron chi connectivity index (χ3n) is 3.67. The number of methoxy groups -OCH3 is 1. The molecule has 1 aromatic carbocycles. The van der Waals surface area contributed by atoms with Gasteiger partial charge in [-0.2, -0.15) is 0 Å². The lowest BCUT2D eigenvalue weighted by Gasteiger charge is -2.23. The monoisotopic (exact) mass is 233 g/mol. The first-order valence-electron chi connectivity index (χ1n) is 6.64. The molecule has 0 bridgehead atoms. The van der Waals surface area contributed by atoms with Gasteiger partial charge in [-0.3, -0.25) is 0 Å². The Labute approximate surface area is 104 Å². The molecule has 0 aromatic heterocycles. The summed E-state index contributed by atoms with van der Waals surface area (Å²) in [5, 5.41) is 3.60. The van der Waals surface area contributed by atoms with Gasteiger partial charge in [0.25, 0.3) is 0 Å². The van der Waals surface area contributed by atoms with Crippen molar-refractivity contribution < 1.29 is 4.74 Å². The van der Waals surface area contributed by atoms with E-state index in [2.05, 4.69) is 36.5 Å². The first-order chi connectivity index (χ1) is 8.29. The standard InChI is InChI=1S/C15H23NO/c1-12(17-2)14-7-5-6-13(10-14)11-15-8-3-4-9-16-15/h5-7,10,12,15-16H,3-4,8-9,11H2,1-2H3. The Morgan fingerprint density at radius 2 is 2.29 bits per heavy atom. The van der Waals surface area contributed by atoms with Crippen LogP contribution in [0.2, 0.25) is 0 Å². The van der Waals surface area contributed by atoms with E-state index < -0.39 is 0 Å². The van der Waals surface area contributed by atoms with Gasteiger partial charge >= 0.3 is 0 Å². The highest BCUT2D eigenvalue weighted by Gasteiger charge is 2.13. The molecule has 1 N–H and O–H groups in total. The van der Waals surface area contributed by atoms with Crippen molar-refractivity contribution in [1.29, 1.82) is 0 Å². The van der Waals surface area contributed by atoms with Crippen LogP contribution in [0.25, 0.3) is 0 Å². The summed E-state index contributed by atoms with van der Waals surface area (Å²) in [5.74, 6) is 0. The van der Waals surface area contributed by atoms with Crippen LogP contribution in [0.15, 0.2) is 24.3 Å². The smallest absolute Gasteiger partial charge is 0.0793 e. The average molecular weight is 233 g/mol. The number of ether oxygens (including phenoxy) is 1. The fourth-order valence-electron chi connectivity index (χ4n) is 2.49. The van der Waals surface area contributed by atoms with Gasteiger partial charge in [0.15, 0.2) is 0 Å². The van der Waals surface area contributed by atoms with Gasteiger partial charge in [-0.05, 0) is 43.9 Å². The molecule has 2 nitrogen and oxygen atoms in total. The van der Waals surface area contributed by atoms with Crippen LogP contribution in [-0.4, -0.2) is 19.7 Å². The van der Waals surface area contributed by atoms with Crippen LogP contribution in [0.3, 0.4) is 0 Å². The summed E-state index contributed by atoms with van der Waals surface area (Å²) >= 11 is 0. The second kappa shape index (κ2) is 6.18. The average Bonchev–Trinajstić information content (AvgIpc) is 2.39. The van der Waals surface area contributed by atoms with Gasteiger partial charge in [0, 0.05) is 13.2 Å². The first kappa shape index (κ1) is 12.6. The SMILES string of the molecule is COC(C)c1cccc(CC2CCCCN2)c1. The Hall–Kier alpha value is -0.860. The van der Waals surface area contributed by atoms with Crippen molar-refractivity contribution in [2.24, 2.45) is 0 Å². The molecule has 0 aliphatic carbocycles. The van der Waals surface area contributed by atoms with Crippen molar-refractivity contribution in [2.75, 3.05) is 13.7 Å². The molecular weight excluding hydrogens is 210 g/mol. The molecule has 17 heavy (non-hydrogen) atoms. The minimum Gasteiger partial charge on any atom is -0.377 e. The quantitative estimate of drug-likeness (QED) is 0.863. The normalized spacial score (nSPS) is 22.4. The van der Waals surface area contributed by atoms with Crippen molar-refractivity contribution in [3.63, 3.8) is 0 Å². The summed E-state index contributed by atoms with van der Waals surface area (Å²) in [5.41, 5.74) is 2.70. The van der Waals surface area contributed by atoms with E-state index in [1.54, 1.807) is 7.11 Å². The van der Waals surface area contributed by atoms with Crippen LogP contribution >= 0.6 is 0 Å². The summed E-state index contributed by atoms with van der Waals surface area (Å²) in [6.45, 7) is 3.27. The highest BCUT2D eigenvalue weighted by molar-refractivity contribution is 5.25. The van der Waals surface area contributed by atoms with Crippen LogP contribution < -0.4 is 5.32 Å². The van der Waals surface area contributed by atoms with Gasteiger partial charge in [-0.15, -0.1) is 0 Å². The summed E-state index contributed by atoms with van der Waals surface area (Å²) in [6.07, 6.45) is 5.34. The molecule has 2 unspecified atom stereocenters. The van der Waals surface area contributed by atoms with Crippen LogP contribution in [0.4, 0.5) is 0 Å². The zero-order chi connectivity index (χ0) is 12.1. The number of nitrogens with one attached hydrogen (secondary N) is 1. The van der Waals surface area contributed by atoms with Crippen LogP contribution in [0.5, 0.6) is 0 Å². The van der Waals surface area contributed by atoms with Crippen molar-refractivity contribution in [3.8, 4) is 0 Å². The van der Waals surface area contributed by atoms with E-state index in [0.717, 1.165) is 6.42 Å². The molecule has 0 radical (unpaired) electrons. The molecule has 94 valence electrons. The number of benzene rings is 1. The highest BCUT2D eigenvalue weighted by atomic mass is 16.5. The second-order valence-electron chi connectivity index (χ2n) is 4.97. The molecule has 1 aromatic rings. The summed E-state index contributed by atoms with van der Waals surface area (Å²) < 4.78 is 5.37. The number of hydrogen-bond donors (Lipinski definition) is 1. The maximum Gasteiger partial charge on any atom is 0.0793 e. The molecule has 0 saturated carbocycles. The van der Waals surface area contributed by atoms with Crippen LogP contribution in [-0.2, 0) is 11.2 Å². The molecule has 2 atom stereocenters. The number of hydrogen-bond acceptors (Lipinski definition) is 2. The Morgan fingerprint density at radius 1 is 1.41 bits per heavy atom. The molecule has 1 saturated heterocycles. The Morgan fingerprint density at radius 3 is 3.00 bits per heavy atom. The molecule has 2 heteroatoms. The number of rotatable bonds is 4. The summed E-state index contributed by atoms with van der Waals surface area (Å²) in [6, 6.07) is 9.46. The Bertz CT molecular complexity index is 345. The minimum absolute atomic E-state index is 0.189. The molecule has 1 fully saturated rings. The van der Waals surface area contributed by atoms with Crippen LogP contribution in [0.1, 0.15) is 43.4 Å². The van der Waals surface area contributed by atoms with Gasteiger partial charge in [-0.25, -0.2) is 0 Å². The van der Waals surface area contributed by atoms with E-state index in [-0.39, 0.29) is 6.10 Å². The van der Waals surface area contributed by atoms with E-state index >= 15 is 0 Å².